The second-order valence-corrected chi connectivity index (χ2v) is 5.09. The fraction of sp³-hybridized carbons (Fsp3) is 0.500. The molecule has 5 heteroatoms. The Morgan fingerprint density at radius 1 is 1.37 bits per heavy atom. The van der Waals surface area contributed by atoms with E-state index in [9.17, 15) is 13.6 Å². The summed E-state index contributed by atoms with van der Waals surface area (Å²) in [5.41, 5.74) is 0.149. The maximum atomic E-state index is 13.0. The van der Waals surface area contributed by atoms with Crippen LogP contribution in [0.2, 0.25) is 0 Å². The molecular formula is C14H18F2N2O. The third kappa shape index (κ3) is 3.73. The van der Waals surface area contributed by atoms with Gasteiger partial charge < -0.3 is 10.6 Å². The Morgan fingerprint density at radius 3 is 2.79 bits per heavy atom. The van der Waals surface area contributed by atoms with Crippen molar-refractivity contribution in [3.05, 3.63) is 35.4 Å². The Kier molecular flexibility index (Phi) is 4.47. The molecule has 1 aliphatic heterocycles. The van der Waals surface area contributed by atoms with Crippen LogP contribution in [0.15, 0.2) is 18.2 Å². The molecule has 1 aromatic carbocycles. The number of carbonyl (C=O) groups is 1. The lowest BCUT2D eigenvalue weighted by Gasteiger charge is -2.27. The zero-order valence-corrected chi connectivity index (χ0v) is 10.9. The van der Waals surface area contributed by atoms with Crippen molar-refractivity contribution in [3.63, 3.8) is 0 Å². The zero-order chi connectivity index (χ0) is 13.8. The summed E-state index contributed by atoms with van der Waals surface area (Å²) in [6, 6.07) is 3.70. The van der Waals surface area contributed by atoms with Gasteiger partial charge in [-0.25, -0.2) is 8.78 Å². The summed E-state index contributed by atoms with van der Waals surface area (Å²) in [5.74, 6) is -1.91. The number of benzene rings is 1. The highest BCUT2D eigenvalue weighted by atomic mass is 19.2. The van der Waals surface area contributed by atoms with E-state index in [1.54, 1.807) is 0 Å². The van der Waals surface area contributed by atoms with E-state index < -0.39 is 11.6 Å². The summed E-state index contributed by atoms with van der Waals surface area (Å²) >= 11 is 0. The molecule has 0 aromatic heterocycles. The van der Waals surface area contributed by atoms with Gasteiger partial charge in [-0.05, 0) is 50.4 Å². The van der Waals surface area contributed by atoms with Crippen LogP contribution >= 0.6 is 0 Å². The van der Waals surface area contributed by atoms with Gasteiger partial charge in [0.05, 0.1) is 0 Å². The van der Waals surface area contributed by atoms with Crippen LogP contribution in [0.1, 0.15) is 30.1 Å². The standard InChI is InChI=1S/C14H18F2N2O/c1-9-2-3-10(7-17-9)8-18-14(19)11-4-5-12(15)13(16)6-11/h4-6,9-10,17H,2-3,7-8H2,1H3,(H,18,19). The Morgan fingerprint density at radius 2 is 2.16 bits per heavy atom. The van der Waals surface area contributed by atoms with Crippen molar-refractivity contribution in [2.24, 2.45) is 5.92 Å². The molecule has 3 nitrogen and oxygen atoms in total. The second kappa shape index (κ2) is 6.10. The van der Waals surface area contributed by atoms with Gasteiger partial charge in [-0.2, -0.15) is 0 Å². The highest BCUT2D eigenvalue weighted by molar-refractivity contribution is 5.94. The second-order valence-electron chi connectivity index (χ2n) is 5.09. The molecule has 0 radical (unpaired) electrons. The molecule has 2 rings (SSSR count). The number of hydrogen-bond donors (Lipinski definition) is 2. The van der Waals surface area contributed by atoms with Crippen molar-refractivity contribution in [1.29, 1.82) is 0 Å². The molecule has 1 saturated heterocycles. The van der Waals surface area contributed by atoms with Crippen molar-refractivity contribution in [2.75, 3.05) is 13.1 Å². The zero-order valence-electron chi connectivity index (χ0n) is 10.9. The van der Waals surface area contributed by atoms with Crippen LogP contribution in [-0.4, -0.2) is 25.0 Å². The first kappa shape index (κ1) is 13.9. The average Bonchev–Trinajstić information content (AvgIpc) is 2.41. The third-order valence-electron chi connectivity index (χ3n) is 3.50. The van der Waals surface area contributed by atoms with Gasteiger partial charge in [-0.3, -0.25) is 4.79 Å². The van der Waals surface area contributed by atoms with Crippen LogP contribution in [-0.2, 0) is 0 Å². The van der Waals surface area contributed by atoms with Gasteiger partial charge in [-0.1, -0.05) is 0 Å². The predicted molar refractivity (Wildman–Crippen MR) is 68.9 cm³/mol. The highest BCUT2D eigenvalue weighted by Crippen LogP contribution is 2.13. The molecule has 0 bridgehead atoms. The molecule has 1 fully saturated rings. The quantitative estimate of drug-likeness (QED) is 0.881. The average molecular weight is 268 g/mol. The SMILES string of the molecule is CC1CCC(CNC(=O)c2ccc(F)c(F)c2)CN1. The number of rotatable bonds is 3. The first-order chi connectivity index (χ1) is 9.06. The maximum Gasteiger partial charge on any atom is 0.251 e. The van der Waals surface area contributed by atoms with Gasteiger partial charge in [0.2, 0.25) is 0 Å². The lowest BCUT2D eigenvalue weighted by molar-refractivity contribution is 0.0943. The summed E-state index contributed by atoms with van der Waals surface area (Å²) in [6.45, 7) is 3.56. The first-order valence-corrected chi connectivity index (χ1v) is 6.53. The van der Waals surface area contributed by atoms with Crippen LogP contribution in [0, 0.1) is 17.6 Å². The summed E-state index contributed by atoms with van der Waals surface area (Å²) in [7, 11) is 0. The van der Waals surface area contributed by atoms with Crippen molar-refractivity contribution < 1.29 is 13.6 Å². The largest absolute Gasteiger partial charge is 0.352 e. The molecule has 0 spiro atoms. The van der Waals surface area contributed by atoms with Crippen molar-refractivity contribution >= 4 is 5.91 Å². The van der Waals surface area contributed by atoms with Crippen LogP contribution < -0.4 is 10.6 Å². The lowest BCUT2D eigenvalue weighted by atomic mass is 9.95. The fourth-order valence-corrected chi connectivity index (χ4v) is 2.21. The van der Waals surface area contributed by atoms with Crippen molar-refractivity contribution in [2.45, 2.75) is 25.8 Å². The smallest absolute Gasteiger partial charge is 0.251 e. The summed E-state index contributed by atoms with van der Waals surface area (Å²) in [4.78, 5) is 11.8. The molecule has 0 aliphatic carbocycles. The highest BCUT2D eigenvalue weighted by Gasteiger charge is 2.18. The predicted octanol–water partition coefficient (Wildman–Crippen LogP) is 2.08. The molecule has 19 heavy (non-hydrogen) atoms. The Hall–Kier alpha value is -1.49. The minimum Gasteiger partial charge on any atom is -0.352 e. The molecule has 1 aliphatic rings. The van der Waals surface area contributed by atoms with E-state index in [0.29, 0.717) is 18.5 Å². The van der Waals surface area contributed by atoms with E-state index in [1.807, 2.05) is 0 Å². The number of hydrogen-bond acceptors (Lipinski definition) is 2. The van der Waals surface area contributed by atoms with E-state index in [-0.39, 0.29) is 11.5 Å². The van der Waals surface area contributed by atoms with E-state index >= 15 is 0 Å². The number of halogens is 2. The maximum absolute atomic E-state index is 13.0. The Bertz CT molecular complexity index is 457. The number of carbonyl (C=O) groups excluding carboxylic acids is 1. The van der Waals surface area contributed by atoms with Crippen LogP contribution in [0.4, 0.5) is 8.78 Å². The topological polar surface area (TPSA) is 41.1 Å². The Balaban J connectivity index is 1.85. The molecule has 104 valence electrons. The molecule has 1 aromatic rings. The first-order valence-electron chi connectivity index (χ1n) is 6.53. The van der Waals surface area contributed by atoms with Crippen LogP contribution in [0.3, 0.4) is 0 Å². The Labute approximate surface area is 111 Å². The number of piperidine rings is 1. The molecule has 2 unspecified atom stereocenters. The van der Waals surface area contributed by atoms with E-state index in [0.717, 1.165) is 31.5 Å². The summed E-state index contributed by atoms with van der Waals surface area (Å²) in [5, 5.41) is 6.11. The minimum atomic E-state index is -0.999. The number of nitrogens with one attached hydrogen (secondary N) is 2. The molecule has 1 heterocycles. The molecule has 2 N–H and O–H groups in total. The van der Waals surface area contributed by atoms with Gasteiger partial charge in [0.1, 0.15) is 0 Å². The van der Waals surface area contributed by atoms with Gasteiger partial charge in [0.25, 0.3) is 5.91 Å². The number of amides is 1. The van der Waals surface area contributed by atoms with E-state index in [1.165, 1.54) is 6.07 Å². The van der Waals surface area contributed by atoms with Crippen LogP contribution in [0.5, 0.6) is 0 Å². The minimum absolute atomic E-state index is 0.149. The van der Waals surface area contributed by atoms with Crippen molar-refractivity contribution in [3.8, 4) is 0 Å². The molecular weight excluding hydrogens is 250 g/mol. The van der Waals surface area contributed by atoms with Gasteiger partial charge >= 0.3 is 0 Å². The monoisotopic (exact) mass is 268 g/mol. The van der Waals surface area contributed by atoms with Gasteiger partial charge in [0, 0.05) is 18.2 Å². The lowest BCUT2D eigenvalue weighted by Crippen LogP contribution is -2.41. The van der Waals surface area contributed by atoms with E-state index in [2.05, 4.69) is 17.6 Å². The summed E-state index contributed by atoms with van der Waals surface area (Å²) < 4.78 is 25.8. The fourth-order valence-electron chi connectivity index (χ4n) is 2.21. The van der Waals surface area contributed by atoms with Gasteiger partial charge in [-0.15, -0.1) is 0 Å². The molecule has 0 saturated carbocycles. The van der Waals surface area contributed by atoms with E-state index in [4.69, 9.17) is 0 Å². The van der Waals surface area contributed by atoms with Gasteiger partial charge in [0.15, 0.2) is 11.6 Å². The molecule has 1 amide bonds. The molecule has 2 atom stereocenters. The van der Waals surface area contributed by atoms with Crippen molar-refractivity contribution in [1.82, 2.24) is 10.6 Å². The summed E-state index contributed by atoms with van der Waals surface area (Å²) in [6.07, 6.45) is 2.15. The van der Waals surface area contributed by atoms with Crippen LogP contribution in [0.25, 0.3) is 0 Å². The normalized spacial score (nSPS) is 23.1. The third-order valence-corrected chi connectivity index (χ3v) is 3.50.